The van der Waals surface area contributed by atoms with Gasteiger partial charge in [0.1, 0.15) is 17.3 Å². The molecule has 10 aromatic rings. The molecule has 16 heteroatoms. The van der Waals surface area contributed by atoms with Crippen molar-refractivity contribution in [2.24, 2.45) is 11.5 Å². The number of ketones is 2. The van der Waals surface area contributed by atoms with Crippen LogP contribution in [0.2, 0.25) is 0 Å². The van der Waals surface area contributed by atoms with Crippen molar-refractivity contribution in [3.63, 3.8) is 0 Å². The summed E-state index contributed by atoms with van der Waals surface area (Å²) in [7, 11) is -2.60. The van der Waals surface area contributed by atoms with Crippen LogP contribution in [0.5, 0.6) is 0 Å². The van der Waals surface area contributed by atoms with Crippen molar-refractivity contribution in [3.8, 4) is 0 Å². The van der Waals surface area contributed by atoms with Crippen molar-refractivity contribution >= 4 is 85.5 Å². The Balaban J connectivity index is 0.000000208. The minimum Gasteiger partial charge on any atom is -0.481 e. The highest BCUT2D eigenvalue weighted by Crippen LogP contribution is 2.38. The molecule has 92 heavy (non-hydrogen) atoms. The number of nitrogens with two attached hydrogens (primary N) is 3. The third-order valence-electron chi connectivity index (χ3n) is 13.3. The van der Waals surface area contributed by atoms with Gasteiger partial charge in [-0.1, -0.05) is 303 Å². The molecule has 0 spiro atoms. The van der Waals surface area contributed by atoms with Crippen molar-refractivity contribution < 1.29 is 38.1 Å². The number of hydrogen-bond donors (Lipinski definition) is 5. The van der Waals surface area contributed by atoms with Crippen LogP contribution in [-0.2, 0) is 40.8 Å². The molecule has 0 saturated heterocycles. The summed E-state index contributed by atoms with van der Waals surface area (Å²) >= 11 is 4.60. The van der Waals surface area contributed by atoms with Gasteiger partial charge in [-0.2, -0.15) is 0 Å². The van der Waals surface area contributed by atoms with Crippen LogP contribution in [0.4, 0.5) is 0 Å². The number of primary amides is 1. The van der Waals surface area contributed by atoms with E-state index in [1.807, 2.05) is 255 Å². The molecule has 0 heterocycles. The molecule has 0 aliphatic carbocycles. The van der Waals surface area contributed by atoms with Crippen molar-refractivity contribution in [2.45, 2.75) is 40.1 Å². The Kier molecular flexibility index (Phi) is 33.5. The maximum atomic E-state index is 12.4. The molecule has 0 radical (unpaired) electrons. The topological polar surface area (TPSA) is 235 Å². The number of amides is 1. The second-order valence-electron chi connectivity index (χ2n) is 20.5. The summed E-state index contributed by atoms with van der Waals surface area (Å²) in [5, 5.41) is 14.7. The third kappa shape index (κ3) is 26.2. The van der Waals surface area contributed by atoms with Crippen LogP contribution in [0.25, 0.3) is 0 Å². The maximum absolute atomic E-state index is 12.4. The van der Waals surface area contributed by atoms with E-state index in [0.717, 1.165) is 33.4 Å². The summed E-state index contributed by atoms with van der Waals surface area (Å²) in [5.41, 5.74) is 21.8. The number of carbonyl (C=O) groups excluding carboxylic acids is 3. The van der Waals surface area contributed by atoms with Gasteiger partial charge in [0.2, 0.25) is 5.91 Å². The smallest absolute Gasteiger partial charge is 0.313 e. The lowest BCUT2D eigenvalue weighted by Gasteiger charge is -2.17. The van der Waals surface area contributed by atoms with E-state index in [-0.39, 0.29) is 61.2 Å². The van der Waals surface area contributed by atoms with E-state index in [0.29, 0.717) is 10.9 Å². The Labute approximate surface area is 559 Å². The lowest BCUT2D eigenvalue weighted by atomic mass is 10.0. The Morgan fingerprint density at radius 2 is 0.576 bits per heavy atom. The Morgan fingerprint density at radius 3 is 0.783 bits per heavy atom. The summed E-state index contributed by atoms with van der Waals surface area (Å²) < 4.78 is 24.8. The number of hydrogen-bond acceptors (Lipinski definition) is 10. The number of aliphatic carboxylic acids is 1. The molecule has 0 saturated carbocycles. The Bertz CT molecular complexity index is 3380. The predicted molar refractivity (Wildman–Crippen MR) is 386 cm³/mol. The van der Waals surface area contributed by atoms with Gasteiger partial charge in [-0.25, -0.2) is 0 Å². The van der Waals surface area contributed by atoms with Gasteiger partial charge in [0.05, 0.1) is 43.5 Å². The minimum absolute atomic E-state index is 0. The van der Waals surface area contributed by atoms with Gasteiger partial charge < -0.3 is 17.0 Å². The molecule has 0 aliphatic rings. The molecule has 0 bridgehead atoms. The summed E-state index contributed by atoms with van der Waals surface area (Å²) in [5.74, 6) is -0.537. The van der Waals surface area contributed by atoms with Gasteiger partial charge in [0, 0.05) is 21.6 Å². The van der Waals surface area contributed by atoms with Crippen LogP contribution in [0, 0.1) is 0 Å². The molecule has 11 nitrogen and oxygen atoms in total. The van der Waals surface area contributed by atoms with Crippen LogP contribution in [0.3, 0.4) is 0 Å². The summed E-state index contributed by atoms with van der Waals surface area (Å²) in [6.45, 7) is 3.12. The number of carboxylic acids is 1. The molecular weight excluding hydrogens is 1240 g/mol. The van der Waals surface area contributed by atoms with Crippen molar-refractivity contribution in [1.82, 2.24) is 6.15 Å². The van der Waals surface area contributed by atoms with Gasteiger partial charge >= 0.3 is 11.1 Å². The van der Waals surface area contributed by atoms with Crippen LogP contribution in [0.15, 0.2) is 303 Å². The van der Waals surface area contributed by atoms with Crippen molar-refractivity contribution in [1.29, 1.82) is 0 Å². The first-order chi connectivity index (χ1) is 44.2. The largest absolute Gasteiger partial charge is 0.481 e. The number of amidine groups is 1. The fourth-order valence-electron chi connectivity index (χ4n) is 9.37. The Hall–Kier alpha value is -8.74. The van der Waals surface area contributed by atoms with E-state index in [9.17, 15) is 27.6 Å². The monoisotopic (exact) mass is 1320 g/mol. The maximum Gasteiger partial charge on any atom is 0.313 e. The summed E-state index contributed by atoms with van der Waals surface area (Å²) in [6.07, 6.45) is 0. The summed E-state index contributed by atoms with van der Waals surface area (Å²) in [6, 6.07) is 99.6. The lowest BCUT2D eigenvalue weighted by Crippen LogP contribution is -2.43. The molecule has 10 N–H and O–H groups in total. The van der Waals surface area contributed by atoms with E-state index in [1.54, 1.807) is 18.7 Å². The van der Waals surface area contributed by atoms with Gasteiger partial charge in [-0.05, 0) is 81.2 Å². The number of carbonyl (C=O) groups is 4. The highest BCUT2D eigenvalue weighted by atomic mass is 32.2. The van der Waals surface area contributed by atoms with Crippen LogP contribution >= 0.6 is 35.3 Å². The normalized spacial score (nSPS) is 11.1. The molecule has 2 unspecified atom stereocenters. The van der Waals surface area contributed by atoms with Crippen LogP contribution in [-0.4, -0.2) is 65.1 Å². The number of carboxylic acid groups (broad SMARTS) is 1. The van der Waals surface area contributed by atoms with Gasteiger partial charge in [-0.3, -0.25) is 38.7 Å². The molecule has 10 rings (SSSR count). The fraction of sp³-hybridized carbons (Fsp3) is 0.145. The molecule has 2 atom stereocenters. The first kappa shape index (κ1) is 74.0. The minimum atomic E-state index is -1.36. The standard InChI is InChI=1S/C16H16O2S.C16H16OS.C15H15NO2S.C15H14O2S.C14H14N2S.H3N/c1-13(17)12-19(18)16(14-8-4-2-5-9-14)15-10-6-3-7-11-15;1-13(17)12-18-16(14-8-4-2-5-9-14)15-10-6-3-7-11-15;16-14(17)11-19(18)15(12-7-3-1-4-8-12)13-9-5-2-6-10-13;16-14(17)11-18-15(12-7-3-1-4-8-12)13-9-5-2-6-10-13;15-14(16)17-13(11-7-3-1-4-8-11)12-9-5-2-6-10-12;/h2-11,16H,12H2,1H3;2-11,16H,12H2,1H3;1-10,15H,11H2,(H2,16,17);1-10,15H,11H2,(H,16,17);1-10,13H,(H3,15,16);1H3/p+1. The van der Waals surface area contributed by atoms with E-state index in [4.69, 9.17) is 22.0 Å². The first-order valence-corrected chi connectivity index (χ1v) is 34.9. The number of rotatable bonds is 23. The number of thioether (sulfide) groups is 3. The Morgan fingerprint density at radius 1 is 0.359 bits per heavy atom. The molecule has 10 aromatic carbocycles. The number of benzene rings is 10. The van der Waals surface area contributed by atoms with Crippen molar-refractivity contribution in [2.75, 3.05) is 23.0 Å². The molecule has 0 aliphatic heterocycles. The second kappa shape index (κ2) is 41.6. The predicted octanol–water partition coefficient (Wildman–Crippen LogP) is 14.6. The zero-order valence-electron chi connectivity index (χ0n) is 51.5. The quantitative estimate of drug-likeness (QED) is 0.0297. The molecular formula is C76H79N4O7S5+. The van der Waals surface area contributed by atoms with Gasteiger partial charge in [0.15, 0.2) is 0 Å². The SMILES string of the molecule is CC(=O)CS(=O)C(c1ccccc1)c1ccccc1.CC(=O)CSC(c1ccccc1)c1ccccc1.N.NC(=O)CS(=O)C(c1ccccc1)c1ccccc1.NC(=[NH2+])SC(c1ccccc1)c1ccccc1.O=C(O)CSC(c1ccccc1)c1ccccc1. The summed E-state index contributed by atoms with van der Waals surface area (Å²) in [4.78, 5) is 44.2. The van der Waals surface area contributed by atoms with E-state index < -0.39 is 33.5 Å². The number of Topliss-reactive ketones (excluding diaryl/α,β-unsaturated/α-hetero) is 2. The highest BCUT2D eigenvalue weighted by Gasteiger charge is 2.24. The van der Waals surface area contributed by atoms with Gasteiger partial charge in [-0.15, -0.1) is 23.5 Å². The zero-order valence-corrected chi connectivity index (χ0v) is 55.5. The average molecular weight is 1320 g/mol. The zero-order chi connectivity index (χ0) is 65.0. The van der Waals surface area contributed by atoms with E-state index >= 15 is 0 Å². The van der Waals surface area contributed by atoms with Gasteiger partial charge in [0.25, 0.3) is 0 Å². The molecule has 0 fully saturated rings. The highest BCUT2D eigenvalue weighted by molar-refractivity contribution is 8.13. The van der Waals surface area contributed by atoms with Crippen LogP contribution < -0.4 is 23.0 Å². The molecule has 1 amide bonds. The van der Waals surface area contributed by atoms with E-state index in [2.05, 4.69) is 48.5 Å². The molecule has 474 valence electrons. The average Bonchev–Trinajstić information content (AvgIpc) is 1.15. The fourth-order valence-corrected chi connectivity index (χ4v) is 15.2. The third-order valence-corrected chi connectivity index (χ3v) is 20.5. The van der Waals surface area contributed by atoms with Crippen molar-refractivity contribution in [3.05, 3.63) is 359 Å². The van der Waals surface area contributed by atoms with Crippen LogP contribution in [0.1, 0.15) is 95.7 Å². The molecule has 0 aromatic heterocycles. The first-order valence-electron chi connectivity index (χ1n) is 29.2. The van der Waals surface area contributed by atoms with E-state index in [1.165, 1.54) is 52.7 Å². The second-order valence-corrected chi connectivity index (χ2v) is 26.9. The lowest BCUT2D eigenvalue weighted by molar-refractivity contribution is -0.134.